The first-order valence-electron chi connectivity index (χ1n) is 7.40. The molecule has 0 unspecified atom stereocenters. The fourth-order valence-corrected chi connectivity index (χ4v) is 2.76. The second kappa shape index (κ2) is 5.99. The number of allylic oxidation sites excluding steroid dienone is 1. The predicted molar refractivity (Wildman–Crippen MR) is 77.4 cm³/mol. The summed E-state index contributed by atoms with van der Waals surface area (Å²) < 4.78 is 84.6. The van der Waals surface area contributed by atoms with Gasteiger partial charge in [-0.05, 0) is 19.1 Å². The van der Waals surface area contributed by atoms with Crippen molar-refractivity contribution >= 4 is 17.8 Å². The van der Waals surface area contributed by atoms with E-state index in [9.17, 15) is 31.1 Å². The van der Waals surface area contributed by atoms with Gasteiger partial charge in [0.25, 0.3) is 0 Å². The number of esters is 1. The third kappa shape index (κ3) is 3.13. The summed E-state index contributed by atoms with van der Waals surface area (Å²) in [5, 5.41) is 0. The number of halogens is 6. The summed E-state index contributed by atoms with van der Waals surface area (Å²) in [5.41, 5.74) is -3.23. The molecule has 0 saturated carbocycles. The highest BCUT2D eigenvalue weighted by Crippen LogP contribution is 2.45. The van der Waals surface area contributed by atoms with Crippen LogP contribution in [0.25, 0.3) is 6.08 Å². The van der Waals surface area contributed by atoms with Gasteiger partial charge >= 0.3 is 18.3 Å². The van der Waals surface area contributed by atoms with Gasteiger partial charge in [0.15, 0.2) is 5.69 Å². The summed E-state index contributed by atoms with van der Waals surface area (Å²) in [4.78, 5) is 19.1. The lowest BCUT2D eigenvalue weighted by Gasteiger charge is -2.33. The maximum Gasteiger partial charge on any atom is 0.432 e. The Bertz CT molecular complexity index is 831. The molecule has 0 amide bonds. The molecule has 0 spiro atoms. The lowest BCUT2D eigenvalue weighted by Crippen LogP contribution is -2.36. The molecule has 0 fully saturated rings. The number of dihydropyridines is 1. The number of hydrogen-bond donors (Lipinski definition) is 0. The quantitative estimate of drug-likeness (QED) is 0.582. The molecular formula is C15H11F6N3O2. The van der Waals surface area contributed by atoms with Gasteiger partial charge in [-0.1, -0.05) is 6.08 Å². The van der Waals surface area contributed by atoms with E-state index in [1.165, 1.54) is 6.08 Å². The smallest absolute Gasteiger partial charge is 0.432 e. The summed E-state index contributed by atoms with van der Waals surface area (Å²) in [6, 6.07) is 0. The van der Waals surface area contributed by atoms with Gasteiger partial charge in [0.1, 0.15) is 17.7 Å². The summed E-state index contributed by atoms with van der Waals surface area (Å²) in [7, 11) is 0. The number of nitrogens with zero attached hydrogens (tertiary/aromatic N) is 3. The largest absolute Gasteiger partial charge is 0.461 e. The van der Waals surface area contributed by atoms with Crippen molar-refractivity contribution in [3.63, 3.8) is 0 Å². The Morgan fingerprint density at radius 3 is 2.50 bits per heavy atom. The predicted octanol–water partition coefficient (Wildman–Crippen LogP) is 3.71. The maximum atomic E-state index is 13.3. The zero-order chi connectivity index (χ0) is 19.3. The number of hydrogen-bond acceptors (Lipinski definition) is 4. The van der Waals surface area contributed by atoms with Crippen molar-refractivity contribution in [3.8, 4) is 0 Å². The third-order valence-corrected chi connectivity index (χ3v) is 3.84. The zero-order valence-corrected chi connectivity index (χ0v) is 13.1. The second-order valence-electron chi connectivity index (χ2n) is 5.52. The summed E-state index contributed by atoms with van der Waals surface area (Å²) in [5.74, 6) is -2.28. The molecule has 0 bridgehead atoms. The van der Waals surface area contributed by atoms with Crippen LogP contribution in [0.5, 0.6) is 0 Å². The van der Waals surface area contributed by atoms with Crippen molar-refractivity contribution < 1.29 is 35.9 Å². The fraction of sp³-hybridized carbons (Fsp3) is 0.400. The Kier molecular flexibility index (Phi) is 4.20. The number of aromatic nitrogens is 2. The molecule has 11 heteroatoms. The van der Waals surface area contributed by atoms with Crippen molar-refractivity contribution in [2.24, 2.45) is 10.9 Å². The van der Waals surface area contributed by atoms with Gasteiger partial charge in [-0.2, -0.15) is 26.3 Å². The monoisotopic (exact) mass is 379 g/mol. The van der Waals surface area contributed by atoms with Crippen LogP contribution in [0.3, 0.4) is 0 Å². The molecule has 2 aliphatic heterocycles. The molecule has 3 rings (SSSR count). The minimum absolute atomic E-state index is 0.0136. The molecule has 2 atom stereocenters. The molecule has 0 N–H and O–H groups in total. The van der Waals surface area contributed by atoms with E-state index in [4.69, 9.17) is 4.74 Å². The molecule has 0 aliphatic carbocycles. The first-order valence-corrected chi connectivity index (χ1v) is 7.40. The molecular weight excluding hydrogens is 368 g/mol. The van der Waals surface area contributed by atoms with Crippen LogP contribution in [-0.4, -0.2) is 40.2 Å². The van der Waals surface area contributed by atoms with Gasteiger partial charge < -0.3 is 9.30 Å². The molecule has 3 heterocycles. The van der Waals surface area contributed by atoms with Crippen molar-refractivity contribution in [3.05, 3.63) is 35.4 Å². The van der Waals surface area contributed by atoms with Gasteiger partial charge in [0, 0.05) is 17.7 Å². The van der Waals surface area contributed by atoms with Crippen LogP contribution in [-0.2, 0) is 4.74 Å². The number of carbonyl (C=O) groups is 1. The molecule has 5 nitrogen and oxygen atoms in total. The van der Waals surface area contributed by atoms with Crippen LogP contribution in [0, 0.1) is 5.92 Å². The maximum absolute atomic E-state index is 13.3. The van der Waals surface area contributed by atoms with Crippen molar-refractivity contribution in [1.29, 1.82) is 0 Å². The van der Waals surface area contributed by atoms with Crippen LogP contribution < -0.4 is 0 Å². The molecule has 26 heavy (non-hydrogen) atoms. The van der Waals surface area contributed by atoms with Crippen LogP contribution >= 0.6 is 0 Å². The van der Waals surface area contributed by atoms with Crippen LogP contribution in [0.2, 0.25) is 0 Å². The molecule has 140 valence electrons. The van der Waals surface area contributed by atoms with Crippen molar-refractivity contribution in [2.45, 2.75) is 25.4 Å². The summed E-state index contributed by atoms with van der Waals surface area (Å²) >= 11 is 0. The number of carbonyl (C=O) groups excluding carboxylic acids is 1. The number of imidazole rings is 1. The molecule has 0 saturated heterocycles. The molecule has 2 aliphatic rings. The number of alkyl halides is 6. The molecule has 0 radical (unpaired) electrons. The number of rotatable bonds is 2. The van der Waals surface area contributed by atoms with Gasteiger partial charge in [0.2, 0.25) is 0 Å². The normalized spacial score (nSPS) is 22.3. The Labute approximate surface area is 142 Å². The van der Waals surface area contributed by atoms with Gasteiger partial charge in [0.05, 0.1) is 6.61 Å². The van der Waals surface area contributed by atoms with Gasteiger partial charge in [-0.3, -0.25) is 4.99 Å². The van der Waals surface area contributed by atoms with Gasteiger partial charge in [-0.25, -0.2) is 9.78 Å². The first-order chi connectivity index (χ1) is 12.0. The fourth-order valence-electron chi connectivity index (χ4n) is 2.76. The number of fused-ring (bicyclic) bond motifs is 3. The highest BCUT2D eigenvalue weighted by molar-refractivity contribution is 6.01. The SMILES string of the molecule is CCOC(=O)c1cn2c(n1)C=C[C@H]1C(C(F)(F)F)=CC(C(F)(F)F)=N[C@H]12. The van der Waals surface area contributed by atoms with E-state index in [1.54, 1.807) is 6.92 Å². The van der Waals surface area contributed by atoms with E-state index in [1.807, 2.05) is 0 Å². The van der Waals surface area contributed by atoms with Crippen LogP contribution in [0.15, 0.2) is 28.9 Å². The highest BCUT2D eigenvalue weighted by Gasteiger charge is 2.48. The standard InChI is InChI=1S/C15H11F6N3O2/c1-2-26-13(25)9-6-24-11(22-9)4-3-7-8(14(16,17)18)5-10(15(19,20)21)23-12(7)24/h3-7,12H,2H2,1H3/t7-,12-/m0/s1. The van der Waals surface area contributed by atoms with E-state index < -0.39 is 41.7 Å². The van der Waals surface area contributed by atoms with E-state index in [0.29, 0.717) is 0 Å². The van der Waals surface area contributed by atoms with Crippen LogP contribution in [0.1, 0.15) is 29.4 Å². The lowest BCUT2D eigenvalue weighted by atomic mass is 9.89. The molecule has 1 aromatic heterocycles. The minimum Gasteiger partial charge on any atom is -0.461 e. The molecule has 1 aromatic rings. The Balaban J connectivity index is 2.09. The number of aliphatic imine (C=N–C) groups is 1. The Morgan fingerprint density at radius 1 is 1.23 bits per heavy atom. The van der Waals surface area contributed by atoms with E-state index >= 15 is 0 Å². The topological polar surface area (TPSA) is 56.5 Å². The molecule has 0 aromatic carbocycles. The minimum atomic E-state index is -5.05. The average Bonchev–Trinajstić information content (AvgIpc) is 2.97. The van der Waals surface area contributed by atoms with E-state index in [2.05, 4.69) is 9.98 Å². The summed E-state index contributed by atoms with van der Waals surface area (Å²) in [6.07, 6.45) is -8.22. The van der Waals surface area contributed by atoms with Crippen molar-refractivity contribution in [2.75, 3.05) is 6.61 Å². The zero-order valence-electron chi connectivity index (χ0n) is 13.1. The first kappa shape index (κ1) is 18.2. The Hall–Kier alpha value is -2.59. The average molecular weight is 379 g/mol. The van der Waals surface area contributed by atoms with E-state index in [-0.39, 0.29) is 24.2 Å². The summed E-state index contributed by atoms with van der Waals surface area (Å²) in [6.45, 7) is 1.59. The third-order valence-electron chi connectivity index (χ3n) is 3.84. The van der Waals surface area contributed by atoms with Crippen molar-refractivity contribution in [1.82, 2.24) is 9.55 Å². The Morgan fingerprint density at radius 2 is 1.92 bits per heavy atom. The lowest BCUT2D eigenvalue weighted by molar-refractivity contribution is -0.1000. The second-order valence-corrected chi connectivity index (χ2v) is 5.52. The van der Waals surface area contributed by atoms with E-state index in [0.717, 1.165) is 16.8 Å². The highest BCUT2D eigenvalue weighted by atomic mass is 19.4. The van der Waals surface area contributed by atoms with Crippen LogP contribution in [0.4, 0.5) is 26.3 Å². The number of ether oxygens (including phenoxy) is 1. The van der Waals surface area contributed by atoms with Gasteiger partial charge in [-0.15, -0.1) is 0 Å².